The molecule has 1 aromatic carbocycles. The number of carbonyl (C=O) groups excluding carboxylic acids is 4. The van der Waals surface area contributed by atoms with E-state index < -0.39 is 36.6 Å². The Bertz CT molecular complexity index is 783. The molecule has 0 bridgehead atoms. The van der Waals surface area contributed by atoms with E-state index in [1.165, 1.54) is 0 Å². The van der Waals surface area contributed by atoms with Crippen molar-refractivity contribution in [3.63, 3.8) is 0 Å². The molecule has 3 amide bonds. The summed E-state index contributed by atoms with van der Waals surface area (Å²) in [5.41, 5.74) is 1.49. The van der Waals surface area contributed by atoms with Crippen LogP contribution in [0, 0.1) is 0 Å². The number of benzene rings is 1. The van der Waals surface area contributed by atoms with Gasteiger partial charge in [0.1, 0.15) is 12.1 Å². The minimum atomic E-state index is -0.968. The third-order valence-electron chi connectivity index (χ3n) is 5.37. The number of ketones is 1. The predicted molar refractivity (Wildman–Crippen MR) is 104 cm³/mol. The molecular formula is C21H28N2O5. The van der Waals surface area contributed by atoms with Crippen LogP contribution in [-0.2, 0) is 27.2 Å². The van der Waals surface area contributed by atoms with Crippen LogP contribution in [0.5, 0.6) is 0 Å². The van der Waals surface area contributed by atoms with Crippen molar-refractivity contribution in [3.8, 4) is 0 Å². The summed E-state index contributed by atoms with van der Waals surface area (Å²) in [6, 6.07) is 5.10. The number of aryl methyl sites for hydroxylation is 2. The predicted octanol–water partition coefficient (Wildman–Crippen LogP) is 2.65. The van der Waals surface area contributed by atoms with Crippen LogP contribution in [0.3, 0.4) is 0 Å². The first-order valence-corrected chi connectivity index (χ1v) is 9.76. The first-order chi connectivity index (χ1) is 13.3. The molecule has 0 aromatic heterocycles. The van der Waals surface area contributed by atoms with E-state index in [1.807, 2.05) is 32.0 Å². The van der Waals surface area contributed by atoms with E-state index in [0.29, 0.717) is 24.8 Å². The highest BCUT2D eigenvalue weighted by Gasteiger charge is 2.49. The molecule has 0 spiro atoms. The van der Waals surface area contributed by atoms with E-state index in [2.05, 4.69) is 5.32 Å². The Labute approximate surface area is 165 Å². The lowest BCUT2D eigenvalue weighted by Gasteiger charge is -2.22. The van der Waals surface area contributed by atoms with Crippen molar-refractivity contribution in [3.05, 3.63) is 34.9 Å². The number of imide groups is 1. The molecule has 1 saturated heterocycles. The first kappa shape index (κ1) is 21.6. The average Bonchev–Trinajstić information content (AvgIpc) is 2.95. The minimum Gasteiger partial charge on any atom is -0.456 e. The van der Waals surface area contributed by atoms with Gasteiger partial charge in [-0.15, -0.1) is 0 Å². The van der Waals surface area contributed by atoms with Crippen LogP contribution in [0.4, 0.5) is 4.79 Å². The summed E-state index contributed by atoms with van der Waals surface area (Å²) in [5.74, 6) is -1.52. The van der Waals surface area contributed by atoms with Crippen molar-refractivity contribution in [1.29, 1.82) is 0 Å². The summed E-state index contributed by atoms with van der Waals surface area (Å²) in [4.78, 5) is 50.1. The summed E-state index contributed by atoms with van der Waals surface area (Å²) < 4.78 is 5.06. The van der Waals surface area contributed by atoms with Gasteiger partial charge < -0.3 is 10.1 Å². The van der Waals surface area contributed by atoms with Gasteiger partial charge in [0.15, 0.2) is 6.61 Å². The largest absolute Gasteiger partial charge is 0.456 e. The third kappa shape index (κ3) is 4.24. The highest BCUT2D eigenvalue weighted by atomic mass is 16.5. The van der Waals surface area contributed by atoms with Crippen LogP contribution in [0.15, 0.2) is 18.2 Å². The van der Waals surface area contributed by atoms with Crippen LogP contribution < -0.4 is 5.32 Å². The van der Waals surface area contributed by atoms with Gasteiger partial charge in [0.2, 0.25) is 5.78 Å². The molecule has 1 heterocycles. The Morgan fingerprint density at radius 1 is 1.07 bits per heavy atom. The topological polar surface area (TPSA) is 92.8 Å². The molecule has 1 N–H and O–H groups in total. The van der Waals surface area contributed by atoms with E-state index >= 15 is 0 Å². The third-order valence-corrected chi connectivity index (χ3v) is 5.37. The van der Waals surface area contributed by atoms with Crippen molar-refractivity contribution in [2.24, 2.45) is 0 Å². The Hall–Kier alpha value is -2.70. The zero-order valence-electron chi connectivity index (χ0n) is 17.0. The smallest absolute Gasteiger partial charge is 0.326 e. The molecule has 152 valence electrons. The molecule has 0 atom stereocenters. The fourth-order valence-electron chi connectivity index (χ4n) is 3.36. The standard InChI is InChI=1S/C21H28N2O5/c1-5-14-9-10-15(6-2)16(11-14)17(24)13-28-18(25)12-23-19(26)21(7-3,8-4)22-20(23)27/h9-11H,5-8,12-13H2,1-4H3,(H,22,27). The number of carbonyl (C=O) groups is 4. The van der Waals surface area contributed by atoms with Crippen molar-refractivity contribution < 1.29 is 23.9 Å². The van der Waals surface area contributed by atoms with E-state index in [4.69, 9.17) is 4.74 Å². The van der Waals surface area contributed by atoms with Gasteiger partial charge in [-0.05, 0) is 42.9 Å². The zero-order valence-corrected chi connectivity index (χ0v) is 17.0. The van der Waals surface area contributed by atoms with Gasteiger partial charge >= 0.3 is 12.0 Å². The van der Waals surface area contributed by atoms with Gasteiger partial charge in [0, 0.05) is 5.56 Å². The molecule has 1 aromatic rings. The first-order valence-electron chi connectivity index (χ1n) is 9.76. The van der Waals surface area contributed by atoms with Crippen LogP contribution in [0.1, 0.15) is 62.0 Å². The number of nitrogens with zero attached hydrogens (tertiary/aromatic N) is 1. The zero-order chi connectivity index (χ0) is 20.9. The van der Waals surface area contributed by atoms with Crippen LogP contribution in [0.2, 0.25) is 0 Å². The van der Waals surface area contributed by atoms with Crippen molar-refractivity contribution in [1.82, 2.24) is 10.2 Å². The lowest BCUT2D eigenvalue weighted by atomic mass is 9.93. The summed E-state index contributed by atoms with van der Waals surface area (Å²) in [6.45, 7) is 6.63. The number of urea groups is 1. The fraction of sp³-hybridized carbons (Fsp3) is 0.524. The normalized spacial score (nSPS) is 15.5. The number of Topliss-reactive ketones (excluding diaryl/α,β-unsaturated/α-hetero) is 1. The number of amides is 3. The second kappa shape index (κ2) is 8.99. The van der Waals surface area contributed by atoms with Crippen LogP contribution >= 0.6 is 0 Å². The molecule has 0 radical (unpaired) electrons. The van der Waals surface area contributed by atoms with E-state index in [9.17, 15) is 19.2 Å². The number of ether oxygens (including phenoxy) is 1. The molecule has 28 heavy (non-hydrogen) atoms. The minimum absolute atomic E-state index is 0.297. The maximum Gasteiger partial charge on any atom is 0.326 e. The van der Waals surface area contributed by atoms with Crippen molar-refractivity contribution in [2.75, 3.05) is 13.2 Å². The molecule has 0 saturated carbocycles. The van der Waals surface area contributed by atoms with Gasteiger partial charge in [0.05, 0.1) is 0 Å². The second-order valence-electron chi connectivity index (χ2n) is 6.89. The molecular weight excluding hydrogens is 360 g/mol. The van der Waals surface area contributed by atoms with Gasteiger partial charge in [-0.1, -0.05) is 39.8 Å². The molecule has 7 heteroatoms. The monoisotopic (exact) mass is 388 g/mol. The summed E-state index contributed by atoms with van der Waals surface area (Å²) >= 11 is 0. The van der Waals surface area contributed by atoms with Gasteiger partial charge in [-0.2, -0.15) is 0 Å². The molecule has 1 aliphatic heterocycles. The summed E-state index contributed by atoms with van der Waals surface area (Å²) in [6.07, 6.45) is 2.36. The lowest BCUT2D eigenvalue weighted by molar-refractivity contribution is -0.146. The van der Waals surface area contributed by atoms with Crippen molar-refractivity contribution >= 4 is 23.7 Å². The summed E-state index contributed by atoms with van der Waals surface area (Å²) in [7, 11) is 0. The number of nitrogens with one attached hydrogen (secondary N) is 1. The molecule has 1 fully saturated rings. The Morgan fingerprint density at radius 2 is 1.75 bits per heavy atom. The van der Waals surface area contributed by atoms with E-state index in [-0.39, 0.29) is 5.78 Å². The highest BCUT2D eigenvalue weighted by molar-refractivity contribution is 6.08. The molecule has 0 unspecified atom stereocenters. The summed E-state index contributed by atoms with van der Waals surface area (Å²) in [5, 5.41) is 2.65. The fourth-order valence-corrected chi connectivity index (χ4v) is 3.36. The molecule has 1 aliphatic rings. The number of hydrogen-bond donors (Lipinski definition) is 1. The van der Waals surface area contributed by atoms with Crippen LogP contribution in [-0.4, -0.2) is 47.3 Å². The Morgan fingerprint density at radius 3 is 2.29 bits per heavy atom. The second-order valence-corrected chi connectivity index (χ2v) is 6.89. The number of rotatable bonds is 9. The van der Waals surface area contributed by atoms with Gasteiger partial charge in [0.25, 0.3) is 5.91 Å². The van der Waals surface area contributed by atoms with Crippen LogP contribution in [0.25, 0.3) is 0 Å². The average molecular weight is 388 g/mol. The maximum absolute atomic E-state index is 12.5. The van der Waals surface area contributed by atoms with Crippen molar-refractivity contribution in [2.45, 2.75) is 58.9 Å². The lowest BCUT2D eigenvalue weighted by Crippen LogP contribution is -2.46. The maximum atomic E-state index is 12.5. The SMILES string of the molecule is CCc1ccc(CC)c(C(=O)COC(=O)CN2C(=O)NC(CC)(CC)C2=O)c1. The molecule has 0 aliphatic carbocycles. The van der Waals surface area contributed by atoms with Gasteiger partial charge in [-0.3, -0.25) is 19.3 Å². The van der Waals surface area contributed by atoms with E-state index in [1.54, 1.807) is 13.8 Å². The Balaban J connectivity index is 2.00. The number of hydrogen-bond acceptors (Lipinski definition) is 5. The molecule has 7 nitrogen and oxygen atoms in total. The van der Waals surface area contributed by atoms with Gasteiger partial charge in [-0.25, -0.2) is 4.79 Å². The Kier molecular flexibility index (Phi) is 6.94. The quantitative estimate of drug-likeness (QED) is 0.399. The highest BCUT2D eigenvalue weighted by Crippen LogP contribution is 2.24. The van der Waals surface area contributed by atoms with E-state index in [0.717, 1.165) is 22.4 Å². The molecule has 2 rings (SSSR count). The number of esters is 1.